The minimum atomic E-state index is -3.06. The monoisotopic (exact) mass is 298 g/mol. The van der Waals surface area contributed by atoms with Gasteiger partial charge in [-0.3, -0.25) is 4.79 Å². The molecule has 1 aliphatic heterocycles. The Hall–Kier alpha value is -1.40. The molecule has 0 amide bonds. The van der Waals surface area contributed by atoms with Gasteiger partial charge in [0.2, 0.25) is 0 Å². The third-order valence-electron chi connectivity index (χ3n) is 3.30. The molecule has 2 rings (SSSR count). The average molecular weight is 298 g/mol. The molecule has 1 fully saturated rings. The van der Waals surface area contributed by atoms with Crippen molar-refractivity contribution < 1.29 is 22.7 Å². The number of methoxy groups -OCH3 is 1. The van der Waals surface area contributed by atoms with Gasteiger partial charge in [-0.05, 0) is 18.6 Å². The minimum absolute atomic E-state index is 0.0573. The van der Waals surface area contributed by atoms with Crippen molar-refractivity contribution >= 4 is 15.6 Å². The summed E-state index contributed by atoms with van der Waals surface area (Å²) in [6.07, 6.45) is 0.396. The zero-order valence-electron chi connectivity index (χ0n) is 11.4. The summed E-state index contributed by atoms with van der Waals surface area (Å²) in [4.78, 5) is 12.4. The van der Waals surface area contributed by atoms with Crippen molar-refractivity contribution in [3.63, 3.8) is 0 Å². The lowest BCUT2D eigenvalue weighted by Crippen LogP contribution is -2.17. The van der Waals surface area contributed by atoms with E-state index in [1.165, 1.54) is 0 Å². The Bertz CT molecular complexity index is 579. The molecule has 0 saturated carbocycles. The fraction of sp³-hybridized carbons (Fsp3) is 0.500. The number of carbonyl (C=O) groups excluding carboxylic acids is 1. The van der Waals surface area contributed by atoms with Gasteiger partial charge in [0, 0.05) is 13.0 Å². The van der Waals surface area contributed by atoms with E-state index in [1.807, 2.05) is 0 Å². The van der Waals surface area contributed by atoms with Gasteiger partial charge in [0.25, 0.3) is 0 Å². The van der Waals surface area contributed by atoms with Gasteiger partial charge in [0.05, 0.1) is 23.7 Å². The van der Waals surface area contributed by atoms with E-state index in [0.717, 1.165) is 0 Å². The van der Waals surface area contributed by atoms with E-state index in [-0.39, 0.29) is 17.3 Å². The van der Waals surface area contributed by atoms with Gasteiger partial charge in [-0.1, -0.05) is 12.1 Å². The number of carbonyl (C=O) groups is 1. The van der Waals surface area contributed by atoms with Crippen LogP contribution in [0.4, 0.5) is 0 Å². The molecule has 1 heterocycles. The van der Waals surface area contributed by atoms with Gasteiger partial charge in [-0.2, -0.15) is 0 Å². The molecule has 1 aromatic rings. The maximum atomic E-state index is 12.4. The molecule has 0 bridgehead atoms. The second-order valence-electron chi connectivity index (χ2n) is 4.80. The lowest BCUT2D eigenvalue weighted by Gasteiger charge is -2.12. The standard InChI is InChI=1S/C14H18O5S/c1-18-7-8-19-13-5-3-2-4-12(13)14(15)11-6-9-20(16,17)10-11/h2-5,11H,6-10H2,1H3. The second-order valence-corrected chi connectivity index (χ2v) is 7.03. The molecule has 1 saturated heterocycles. The Morgan fingerprint density at radius 2 is 2.05 bits per heavy atom. The van der Waals surface area contributed by atoms with Crippen LogP contribution in [0.25, 0.3) is 0 Å². The van der Waals surface area contributed by atoms with E-state index in [4.69, 9.17) is 9.47 Å². The zero-order chi connectivity index (χ0) is 14.6. The lowest BCUT2D eigenvalue weighted by atomic mass is 9.96. The highest BCUT2D eigenvalue weighted by atomic mass is 32.2. The lowest BCUT2D eigenvalue weighted by molar-refractivity contribution is 0.0925. The van der Waals surface area contributed by atoms with E-state index < -0.39 is 15.8 Å². The molecule has 0 spiro atoms. The topological polar surface area (TPSA) is 69.7 Å². The third-order valence-corrected chi connectivity index (χ3v) is 5.07. The number of rotatable bonds is 6. The summed E-state index contributed by atoms with van der Waals surface area (Å²) in [5.41, 5.74) is 0.450. The van der Waals surface area contributed by atoms with Crippen LogP contribution in [0, 0.1) is 5.92 Å². The van der Waals surface area contributed by atoms with Crippen LogP contribution in [-0.2, 0) is 14.6 Å². The molecule has 110 valence electrons. The number of Topliss-reactive ketones (excluding diaryl/α,β-unsaturated/α-hetero) is 1. The van der Waals surface area contributed by atoms with Crippen molar-refractivity contribution in [2.45, 2.75) is 6.42 Å². The number of benzene rings is 1. The van der Waals surface area contributed by atoms with Crippen LogP contribution < -0.4 is 4.74 Å². The fourth-order valence-electron chi connectivity index (χ4n) is 2.25. The minimum Gasteiger partial charge on any atom is -0.490 e. The zero-order valence-corrected chi connectivity index (χ0v) is 12.2. The summed E-state index contributed by atoms with van der Waals surface area (Å²) in [6, 6.07) is 6.92. The first-order valence-electron chi connectivity index (χ1n) is 6.49. The van der Waals surface area contributed by atoms with Gasteiger partial charge in [0.1, 0.15) is 12.4 Å². The Morgan fingerprint density at radius 3 is 2.70 bits per heavy atom. The fourth-order valence-corrected chi connectivity index (χ4v) is 3.99. The van der Waals surface area contributed by atoms with E-state index in [9.17, 15) is 13.2 Å². The van der Waals surface area contributed by atoms with Crippen LogP contribution in [0.5, 0.6) is 5.75 Å². The van der Waals surface area contributed by atoms with Gasteiger partial charge >= 0.3 is 0 Å². The van der Waals surface area contributed by atoms with Crippen LogP contribution in [0.3, 0.4) is 0 Å². The summed E-state index contributed by atoms with van der Waals surface area (Å²) >= 11 is 0. The van der Waals surface area contributed by atoms with E-state index in [2.05, 4.69) is 0 Å². The van der Waals surface area contributed by atoms with E-state index >= 15 is 0 Å². The number of para-hydroxylation sites is 1. The molecular weight excluding hydrogens is 280 g/mol. The Morgan fingerprint density at radius 1 is 1.30 bits per heavy atom. The number of sulfone groups is 1. The molecule has 1 aliphatic rings. The molecule has 6 heteroatoms. The quantitative estimate of drug-likeness (QED) is 0.585. The molecule has 5 nitrogen and oxygen atoms in total. The van der Waals surface area contributed by atoms with Crippen molar-refractivity contribution in [2.75, 3.05) is 31.8 Å². The molecular formula is C14H18O5S. The Kier molecular flexibility index (Phi) is 4.77. The van der Waals surface area contributed by atoms with Crippen LogP contribution in [0.1, 0.15) is 16.8 Å². The SMILES string of the molecule is COCCOc1ccccc1C(=O)C1CCS(=O)(=O)C1. The van der Waals surface area contributed by atoms with Gasteiger partial charge in [0.15, 0.2) is 15.6 Å². The highest BCUT2D eigenvalue weighted by Gasteiger charge is 2.34. The molecule has 0 aliphatic carbocycles. The second kappa shape index (κ2) is 6.37. The van der Waals surface area contributed by atoms with Crippen molar-refractivity contribution in [1.82, 2.24) is 0 Å². The summed E-state index contributed by atoms with van der Waals surface area (Å²) in [7, 11) is -1.49. The molecule has 1 unspecified atom stereocenters. The van der Waals surface area contributed by atoms with Crippen LogP contribution in [0.2, 0.25) is 0 Å². The molecule has 1 aromatic carbocycles. The van der Waals surface area contributed by atoms with E-state index in [0.29, 0.717) is 30.9 Å². The molecule has 1 atom stereocenters. The number of ketones is 1. The predicted molar refractivity (Wildman–Crippen MR) is 74.9 cm³/mol. The van der Waals surface area contributed by atoms with Crippen molar-refractivity contribution in [1.29, 1.82) is 0 Å². The first-order valence-corrected chi connectivity index (χ1v) is 8.31. The number of hydrogen-bond donors (Lipinski definition) is 0. The smallest absolute Gasteiger partial charge is 0.170 e. The molecule has 20 heavy (non-hydrogen) atoms. The van der Waals surface area contributed by atoms with Crippen LogP contribution in [0.15, 0.2) is 24.3 Å². The number of hydrogen-bond acceptors (Lipinski definition) is 5. The van der Waals surface area contributed by atoms with Crippen molar-refractivity contribution in [2.24, 2.45) is 5.92 Å². The number of ether oxygens (including phenoxy) is 2. The molecule has 0 aromatic heterocycles. The largest absolute Gasteiger partial charge is 0.490 e. The normalized spacial score (nSPS) is 20.8. The predicted octanol–water partition coefficient (Wildman–Crippen LogP) is 1.33. The Balaban J connectivity index is 2.13. The maximum Gasteiger partial charge on any atom is 0.170 e. The highest BCUT2D eigenvalue weighted by Crippen LogP contribution is 2.27. The van der Waals surface area contributed by atoms with Crippen LogP contribution >= 0.6 is 0 Å². The van der Waals surface area contributed by atoms with Gasteiger partial charge in [-0.15, -0.1) is 0 Å². The van der Waals surface area contributed by atoms with Gasteiger partial charge < -0.3 is 9.47 Å². The van der Waals surface area contributed by atoms with Gasteiger partial charge in [-0.25, -0.2) is 8.42 Å². The summed E-state index contributed by atoms with van der Waals surface area (Å²) in [5, 5.41) is 0. The molecule has 0 N–H and O–H groups in total. The Labute approximate surface area is 118 Å². The third kappa shape index (κ3) is 3.58. The first-order chi connectivity index (χ1) is 9.53. The first kappa shape index (κ1) is 15.0. The average Bonchev–Trinajstić information content (AvgIpc) is 2.79. The molecule has 0 radical (unpaired) electrons. The summed E-state index contributed by atoms with van der Waals surface area (Å²) in [6.45, 7) is 0.782. The van der Waals surface area contributed by atoms with E-state index in [1.54, 1.807) is 31.4 Å². The maximum absolute atomic E-state index is 12.4. The van der Waals surface area contributed by atoms with Crippen molar-refractivity contribution in [3.8, 4) is 5.75 Å². The highest BCUT2D eigenvalue weighted by molar-refractivity contribution is 7.91. The summed E-state index contributed by atoms with van der Waals surface area (Å²) in [5.74, 6) is -0.0842. The summed E-state index contributed by atoms with van der Waals surface area (Å²) < 4.78 is 33.4. The van der Waals surface area contributed by atoms with Crippen LogP contribution in [-0.4, -0.2) is 46.0 Å². The van der Waals surface area contributed by atoms with Crippen molar-refractivity contribution in [3.05, 3.63) is 29.8 Å².